The predicted molar refractivity (Wildman–Crippen MR) is 220 cm³/mol. The molecule has 0 bridgehead atoms. The van der Waals surface area contributed by atoms with Gasteiger partial charge in [-0.2, -0.15) is 0 Å². The third-order valence-corrected chi connectivity index (χ3v) is 12.2. The van der Waals surface area contributed by atoms with Crippen molar-refractivity contribution < 1.29 is 19.1 Å². The van der Waals surface area contributed by atoms with Gasteiger partial charge in [0.25, 0.3) is 17.4 Å². The third kappa shape index (κ3) is 7.51. The molecule has 1 N–H and O–H groups in total. The number of allylic oxidation sites excluding steroid dienone is 1. The maximum absolute atomic E-state index is 13.4. The van der Waals surface area contributed by atoms with E-state index in [0.717, 1.165) is 109 Å². The number of hydrogen-bond acceptors (Lipinski definition) is 11. The molecule has 298 valence electrons. The number of pyridine rings is 3. The van der Waals surface area contributed by atoms with Crippen LogP contribution in [-0.2, 0) is 18.4 Å². The van der Waals surface area contributed by atoms with Gasteiger partial charge in [-0.15, -0.1) is 0 Å². The average Bonchev–Trinajstić information content (AvgIpc) is 3.46. The van der Waals surface area contributed by atoms with E-state index in [2.05, 4.69) is 31.6 Å². The molecule has 1 aromatic carbocycles. The summed E-state index contributed by atoms with van der Waals surface area (Å²) in [4.78, 5) is 71.8. The molecule has 57 heavy (non-hydrogen) atoms. The van der Waals surface area contributed by atoms with Crippen LogP contribution in [0.3, 0.4) is 0 Å². The number of carbonyl (C=O) groups excluding carboxylic acids is 3. The van der Waals surface area contributed by atoms with Crippen LogP contribution in [0.4, 0.5) is 11.5 Å². The SMILES string of the molecule is C=C1CCC(N2C(=O)c3ccc(N4CCN(CCC5CCN(Cc6ncc(-c7cn(C)c(=O)c8cnc(N(C)C)cc78)cc6OC)CC5)CC4)cc3C2=O)C(=O)N1. The predicted octanol–water partition coefficient (Wildman–Crippen LogP) is 3.88. The van der Waals surface area contributed by atoms with E-state index in [-0.39, 0.29) is 11.5 Å². The molecule has 0 radical (unpaired) electrons. The van der Waals surface area contributed by atoms with Crippen LogP contribution < -0.4 is 25.4 Å². The Labute approximate surface area is 332 Å². The quantitative estimate of drug-likeness (QED) is 0.235. The Morgan fingerprint density at radius 1 is 0.860 bits per heavy atom. The van der Waals surface area contributed by atoms with Crippen LogP contribution in [0.1, 0.15) is 58.5 Å². The van der Waals surface area contributed by atoms with Crippen molar-refractivity contribution in [3.63, 3.8) is 0 Å². The zero-order valence-corrected chi connectivity index (χ0v) is 33.3. The first kappa shape index (κ1) is 38.3. The van der Waals surface area contributed by atoms with Crippen LogP contribution in [0.15, 0.2) is 66.0 Å². The Kier molecular flexibility index (Phi) is 10.6. The molecule has 14 nitrogen and oxygen atoms in total. The van der Waals surface area contributed by atoms with Crippen LogP contribution >= 0.6 is 0 Å². The van der Waals surface area contributed by atoms with E-state index >= 15 is 0 Å². The standard InChI is InChI=1S/C43H51N9O5/c1-27-6-9-37(40(53)46-27)52-42(55)31-8-7-30(21-33(31)43(52)56)51-18-16-49(17-19-51)13-10-28-11-14-50(15-12-28)26-36-38(57-5)20-29(23-44-36)35-25-48(4)41(54)34-24-45-39(47(2)3)22-32(34)35/h7-8,20-25,28,37H,1,6,9-19,26H2,2-5H3,(H,46,53). The van der Waals surface area contributed by atoms with Crippen LogP contribution in [0.5, 0.6) is 5.75 Å². The minimum absolute atomic E-state index is 0.0889. The van der Waals surface area contributed by atoms with E-state index in [1.165, 1.54) is 0 Å². The number of rotatable bonds is 10. The lowest BCUT2D eigenvalue weighted by atomic mass is 9.93. The van der Waals surface area contributed by atoms with E-state index < -0.39 is 17.9 Å². The van der Waals surface area contributed by atoms with Gasteiger partial charge < -0.3 is 24.4 Å². The number of hydrogen-bond donors (Lipinski definition) is 1. The van der Waals surface area contributed by atoms with Crippen molar-refractivity contribution in [1.29, 1.82) is 0 Å². The monoisotopic (exact) mass is 773 g/mol. The molecule has 3 aromatic heterocycles. The molecule has 3 saturated heterocycles. The summed E-state index contributed by atoms with van der Waals surface area (Å²) in [6, 6.07) is 8.66. The first-order valence-electron chi connectivity index (χ1n) is 19.9. The highest BCUT2D eigenvalue weighted by atomic mass is 16.5. The number of likely N-dealkylation sites (tertiary alicyclic amines) is 1. The van der Waals surface area contributed by atoms with Gasteiger partial charge in [0.2, 0.25) is 5.91 Å². The fourth-order valence-corrected chi connectivity index (χ4v) is 8.72. The summed E-state index contributed by atoms with van der Waals surface area (Å²) >= 11 is 0. The highest BCUT2D eigenvalue weighted by molar-refractivity contribution is 6.23. The summed E-state index contributed by atoms with van der Waals surface area (Å²) in [5.74, 6) is 1.03. The number of amides is 3. The Balaban J connectivity index is 0.824. The van der Waals surface area contributed by atoms with E-state index in [4.69, 9.17) is 9.72 Å². The van der Waals surface area contributed by atoms with Crippen LogP contribution in [0.2, 0.25) is 0 Å². The fraction of sp³-hybridized carbons (Fsp3) is 0.442. The number of carbonyl (C=O) groups is 3. The van der Waals surface area contributed by atoms with Crippen LogP contribution in [-0.4, -0.2) is 120 Å². The average molecular weight is 774 g/mol. The Bertz CT molecular complexity index is 2310. The van der Waals surface area contributed by atoms with E-state index in [1.807, 2.05) is 55.7 Å². The molecule has 4 aliphatic rings. The molecule has 0 saturated carbocycles. The molecule has 7 heterocycles. The number of methoxy groups -OCH3 is 1. The molecule has 1 unspecified atom stereocenters. The van der Waals surface area contributed by atoms with Crippen molar-refractivity contribution in [2.24, 2.45) is 13.0 Å². The first-order valence-corrected chi connectivity index (χ1v) is 19.9. The molecule has 4 aliphatic heterocycles. The Morgan fingerprint density at radius 2 is 1.61 bits per heavy atom. The highest BCUT2D eigenvalue weighted by Crippen LogP contribution is 2.34. The van der Waals surface area contributed by atoms with Gasteiger partial charge in [-0.3, -0.25) is 38.9 Å². The number of aromatic nitrogens is 3. The number of piperidine rings is 2. The molecular weight excluding hydrogens is 723 g/mol. The van der Waals surface area contributed by atoms with Crippen molar-refractivity contribution >= 4 is 40.0 Å². The van der Waals surface area contributed by atoms with Crippen LogP contribution in [0, 0.1) is 5.92 Å². The summed E-state index contributed by atoms with van der Waals surface area (Å²) in [7, 11) is 7.31. The summed E-state index contributed by atoms with van der Waals surface area (Å²) < 4.78 is 7.46. The molecule has 4 aromatic rings. The highest BCUT2D eigenvalue weighted by Gasteiger charge is 2.44. The van der Waals surface area contributed by atoms with Gasteiger partial charge in [-0.1, -0.05) is 6.58 Å². The molecule has 0 aliphatic carbocycles. The topological polar surface area (TPSA) is 136 Å². The normalized spacial score (nSPS) is 19.7. The van der Waals surface area contributed by atoms with Gasteiger partial charge in [0.15, 0.2) is 0 Å². The number of anilines is 2. The van der Waals surface area contributed by atoms with Crippen molar-refractivity contribution in [2.45, 2.75) is 44.7 Å². The minimum atomic E-state index is -0.807. The lowest BCUT2D eigenvalue weighted by Crippen LogP contribution is -2.51. The Morgan fingerprint density at radius 3 is 2.33 bits per heavy atom. The second-order valence-corrected chi connectivity index (χ2v) is 16.0. The second-order valence-electron chi connectivity index (χ2n) is 16.0. The fourth-order valence-electron chi connectivity index (χ4n) is 8.72. The second kappa shape index (κ2) is 15.7. The zero-order chi connectivity index (χ0) is 40.0. The lowest BCUT2D eigenvalue weighted by molar-refractivity contribution is -0.125. The van der Waals surface area contributed by atoms with Gasteiger partial charge in [0, 0.05) is 100 Å². The molecule has 1 atom stereocenters. The molecule has 3 amide bonds. The first-order chi connectivity index (χ1) is 27.5. The van der Waals surface area contributed by atoms with E-state index in [0.29, 0.717) is 47.5 Å². The Hall–Kier alpha value is -5.60. The molecule has 0 spiro atoms. The minimum Gasteiger partial charge on any atom is -0.495 e. The number of aryl methyl sites for hydroxylation is 1. The van der Waals surface area contributed by atoms with Gasteiger partial charge in [-0.05, 0) is 88.0 Å². The van der Waals surface area contributed by atoms with Crippen molar-refractivity contribution in [1.82, 2.24) is 34.6 Å². The maximum atomic E-state index is 13.4. The van der Waals surface area contributed by atoms with E-state index in [9.17, 15) is 19.2 Å². The zero-order valence-electron chi connectivity index (χ0n) is 33.3. The maximum Gasteiger partial charge on any atom is 0.262 e. The smallest absolute Gasteiger partial charge is 0.262 e. The number of ether oxygens (including phenoxy) is 1. The van der Waals surface area contributed by atoms with Crippen molar-refractivity contribution in [3.8, 4) is 16.9 Å². The molecule has 14 heteroatoms. The number of nitrogens with one attached hydrogen (secondary N) is 1. The number of imide groups is 1. The van der Waals surface area contributed by atoms with Gasteiger partial charge in [-0.25, -0.2) is 4.98 Å². The van der Waals surface area contributed by atoms with Gasteiger partial charge in [0.1, 0.15) is 17.6 Å². The summed E-state index contributed by atoms with van der Waals surface area (Å²) in [6.07, 6.45) is 9.77. The number of fused-ring (bicyclic) bond motifs is 2. The lowest BCUT2D eigenvalue weighted by Gasteiger charge is -2.37. The molecule has 8 rings (SSSR count). The summed E-state index contributed by atoms with van der Waals surface area (Å²) in [6.45, 7) is 11.2. The summed E-state index contributed by atoms with van der Waals surface area (Å²) in [5, 5.41) is 4.09. The van der Waals surface area contributed by atoms with E-state index in [1.54, 1.807) is 31.0 Å². The van der Waals surface area contributed by atoms with Gasteiger partial charge in [0.05, 0.1) is 29.3 Å². The number of piperazine rings is 1. The number of benzene rings is 1. The van der Waals surface area contributed by atoms with Gasteiger partial charge >= 0.3 is 0 Å². The van der Waals surface area contributed by atoms with Crippen molar-refractivity contribution in [2.75, 3.05) is 76.8 Å². The number of nitrogens with zero attached hydrogens (tertiary/aromatic N) is 8. The molecular formula is C43H51N9O5. The third-order valence-electron chi connectivity index (χ3n) is 12.2. The summed E-state index contributed by atoms with van der Waals surface area (Å²) in [5.41, 5.74) is 4.89. The molecule has 3 fully saturated rings. The van der Waals surface area contributed by atoms with Crippen molar-refractivity contribution in [3.05, 3.63) is 88.4 Å². The largest absolute Gasteiger partial charge is 0.495 e. The van der Waals surface area contributed by atoms with Crippen LogP contribution in [0.25, 0.3) is 21.9 Å².